The second-order valence-corrected chi connectivity index (χ2v) is 5.46. The van der Waals surface area contributed by atoms with Gasteiger partial charge in [-0.15, -0.1) is 0 Å². The molecule has 2 aliphatic rings. The Bertz CT molecular complexity index is 417. The Morgan fingerprint density at radius 1 is 1.32 bits per heavy atom. The number of benzene rings is 1. The summed E-state index contributed by atoms with van der Waals surface area (Å²) in [6, 6.07) is 9.11. The second-order valence-electron chi connectivity index (χ2n) is 5.46. The van der Waals surface area contributed by atoms with E-state index in [0.717, 1.165) is 26.2 Å². The third-order valence-electron chi connectivity index (χ3n) is 4.10. The SMILES string of the molecule is CCNC1c2ccccc2CCCC1OC1COC1. The lowest BCUT2D eigenvalue weighted by Crippen LogP contribution is -2.43. The summed E-state index contributed by atoms with van der Waals surface area (Å²) in [6.45, 7) is 4.66. The molecule has 19 heavy (non-hydrogen) atoms. The molecule has 1 saturated heterocycles. The zero-order valence-corrected chi connectivity index (χ0v) is 11.6. The van der Waals surface area contributed by atoms with Gasteiger partial charge < -0.3 is 14.8 Å². The third-order valence-corrected chi connectivity index (χ3v) is 4.10. The third kappa shape index (κ3) is 2.83. The van der Waals surface area contributed by atoms with E-state index >= 15 is 0 Å². The van der Waals surface area contributed by atoms with Gasteiger partial charge in [0, 0.05) is 0 Å². The van der Waals surface area contributed by atoms with Crippen molar-refractivity contribution in [3.63, 3.8) is 0 Å². The number of likely N-dealkylation sites (N-methyl/N-ethyl adjacent to an activating group) is 1. The zero-order valence-electron chi connectivity index (χ0n) is 11.6. The summed E-state index contributed by atoms with van der Waals surface area (Å²) in [4.78, 5) is 0. The maximum atomic E-state index is 6.24. The minimum absolute atomic E-state index is 0.275. The highest BCUT2D eigenvalue weighted by molar-refractivity contribution is 5.32. The first-order valence-corrected chi connectivity index (χ1v) is 7.43. The van der Waals surface area contributed by atoms with Crippen LogP contribution in [0.4, 0.5) is 0 Å². The molecule has 3 nitrogen and oxygen atoms in total. The van der Waals surface area contributed by atoms with Gasteiger partial charge in [-0.2, -0.15) is 0 Å². The minimum atomic E-state index is 0.275. The van der Waals surface area contributed by atoms with Crippen LogP contribution in [-0.4, -0.2) is 32.0 Å². The van der Waals surface area contributed by atoms with Crippen LogP contribution in [0.2, 0.25) is 0 Å². The fourth-order valence-corrected chi connectivity index (χ4v) is 3.07. The molecule has 0 spiro atoms. The Morgan fingerprint density at radius 2 is 2.16 bits per heavy atom. The number of hydrogen-bond donors (Lipinski definition) is 1. The summed E-state index contributed by atoms with van der Waals surface area (Å²) in [5.74, 6) is 0. The molecule has 1 aromatic carbocycles. The average Bonchev–Trinajstić information content (AvgIpc) is 2.55. The van der Waals surface area contributed by atoms with E-state index in [-0.39, 0.29) is 6.10 Å². The van der Waals surface area contributed by atoms with Gasteiger partial charge in [0.05, 0.1) is 25.4 Å². The molecule has 0 radical (unpaired) electrons. The first kappa shape index (κ1) is 13.1. The van der Waals surface area contributed by atoms with Crippen molar-refractivity contribution in [1.82, 2.24) is 5.32 Å². The van der Waals surface area contributed by atoms with Crippen LogP contribution in [0.25, 0.3) is 0 Å². The minimum Gasteiger partial charge on any atom is -0.376 e. The molecule has 0 saturated carbocycles. The van der Waals surface area contributed by atoms with Crippen molar-refractivity contribution in [2.75, 3.05) is 19.8 Å². The van der Waals surface area contributed by atoms with Crippen LogP contribution in [0.5, 0.6) is 0 Å². The first-order chi connectivity index (χ1) is 9.38. The van der Waals surface area contributed by atoms with Crippen molar-refractivity contribution in [2.45, 2.75) is 44.4 Å². The van der Waals surface area contributed by atoms with Gasteiger partial charge in [0.2, 0.25) is 0 Å². The molecule has 1 aliphatic heterocycles. The summed E-state index contributed by atoms with van der Waals surface area (Å²) in [7, 11) is 0. The van der Waals surface area contributed by atoms with E-state index < -0.39 is 0 Å². The van der Waals surface area contributed by atoms with E-state index in [4.69, 9.17) is 9.47 Å². The van der Waals surface area contributed by atoms with Gasteiger partial charge in [-0.3, -0.25) is 0 Å². The fourth-order valence-electron chi connectivity index (χ4n) is 3.07. The Morgan fingerprint density at radius 3 is 2.89 bits per heavy atom. The van der Waals surface area contributed by atoms with Crippen LogP contribution in [0.15, 0.2) is 24.3 Å². The predicted octanol–water partition coefficient (Wildman–Crippen LogP) is 2.46. The van der Waals surface area contributed by atoms with Crippen LogP contribution >= 0.6 is 0 Å². The van der Waals surface area contributed by atoms with Crippen molar-refractivity contribution in [1.29, 1.82) is 0 Å². The predicted molar refractivity (Wildman–Crippen MR) is 75.3 cm³/mol. The van der Waals surface area contributed by atoms with Crippen molar-refractivity contribution >= 4 is 0 Å². The van der Waals surface area contributed by atoms with Gasteiger partial charge >= 0.3 is 0 Å². The van der Waals surface area contributed by atoms with Crippen LogP contribution < -0.4 is 5.32 Å². The molecule has 104 valence electrons. The Balaban J connectivity index is 1.82. The largest absolute Gasteiger partial charge is 0.376 e. The van der Waals surface area contributed by atoms with E-state index in [9.17, 15) is 0 Å². The lowest BCUT2D eigenvalue weighted by atomic mass is 9.97. The molecule has 1 N–H and O–H groups in total. The maximum Gasteiger partial charge on any atom is 0.105 e. The average molecular weight is 261 g/mol. The van der Waals surface area contributed by atoms with E-state index in [1.54, 1.807) is 0 Å². The van der Waals surface area contributed by atoms with Gasteiger partial charge in [-0.25, -0.2) is 0 Å². The normalized spacial score (nSPS) is 27.4. The molecule has 2 atom stereocenters. The monoisotopic (exact) mass is 261 g/mol. The summed E-state index contributed by atoms with van der Waals surface area (Å²) in [6.07, 6.45) is 4.08. The van der Waals surface area contributed by atoms with Gasteiger partial charge in [-0.1, -0.05) is 31.2 Å². The Kier molecular flexibility index (Phi) is 4.16. The quantitative estimate of drug-likeness (QED) is 0.845. The molecule has 0 aromatic heterocycles. The highest BCUT2D eigenvalue weighted by atomic mass is 16.6. The molecule has 1 heterocycles. The summed E-state index contributed by atoms with van der Waals surface area (Å²) >= 11 is 0. The molecular formula is C16H23NO2. The van der Waals surface area contributed by atoms with Crippen LogP contribution in [-0.2, 0) is 15.9 Å². The smallest absolute Gasteiger partial charge is 0.105 e. The van der Waals surface area contributed by atoms with E-state index in [1.807, 2.05) is 0 Å². The second kappa shape index (κ2) is 6.04. The maximum absolute atomic E-state index is 6.24. The molecule has 1 fully saturated rings. The molecule has 1 aromatic rings. The summed E-state index contributed by atoms with van der Waals surface area (Å²) in [5.41, 5.74) is 2.90. The topological polar surface area (TPSA) is 30.5 Å². The van der Waals surface area contributed by atoms with Gasteiger partial charge in [0.1, 0.15) is 6.10 Å². The molecule has 3 rings (SSSR count). The van der Waals surface area contributed by atoms with Crippen molar-refractivity contribution < 1.29 is 9.47 Å². The molecule has 3 heteroatoms. The van der Waals surface area contributed by atoms with E-state index in [2.05, 4.69) is 36.5 Å². The number of hydrogen-bond acceptors (Lipinski definition) is 3. The number of fused-ring (bicyclic) bond motifs is 1. The van der Waals surface area contributed by atoms with Crippen LogP contribution in [0.3, 0.4) is 0 Å². The standard InChI is InChI=1S/C16H23NO2/c1-2-17-16-14-8-4-3-6-12(14)7-5-9-15(16)19-13-10-18-11-13/h3-4,6,8,13,15-17H,2,5,7,9-11H2,1H3. The molecular weight excluding hydrogens is 238 g/mol. The van der Waals surface area contributed by atoms with E-state index in [0.29, 0.717) is 12.1 Å². The van der Waals surface area contributed by atoms with Gasteiger partial charge in [0.25, 0.3) is 0 Å². The van der Waals surface area contributed by atoms with Crippen LogP contribution in [0.1, 0.15) is 36.9 Å². The number of nitrogens with one attached hydrogen (secondary N) is 1. The van der Waals surface area contributed by atoms with Gasteiger partial charge in [0.15, 0.2) is 0 Å². The van der Waals surface area contributed by atoms with Crippen molar-refractivity contribution in [2.24, 2.45) is 0 Å². The molecule has 2 unspecified atom stereocenters. The molecule has 1 aliphatic carbocycles. The molecule has 0 amide bonds. The van der Waals surface area contributed by atoms with Crippen molar-refractivity contribution in [3.05, 3.63) is 35.4 Å². The highest BCUT2D eigenvalue weighted by Gasteiger charge is 2.31. The zero-order chi connectivity index (χ0) is 13.1. The number of ether oxygens (including phenoxy) is 2. The summed E-state index contributed by atoms with van der Waals surface area (Å²) in [5, 5.41) is 3.62. The Hall–Kier alpha value is -0.900. The van der Waals surface area contributed by atoms with E-state index in [1.165, 1.54) is 24.0 Å². The number of rotatable bonds is 4. The summed E-state index contributed by atoms with van der Waals surface area (Å²) < 4.78 is 11.5. The number of aryl methyl sites for hydroxylation is 1. The Labute approximate surface area is 115 Å². The first-order valence-electron chi connectivity index (χ1n) is 7.43. The van der Waals surface area contributed by atoms with Crippen molar-refractivity contribution in [3.8, 4) is 0 Å². The van der Waals surface area contributed by atoms with Gasteiger partial charge in [-0.05, 0) is 36.9 Å². The lowest BCUT2D eigenvalue weighted by molar-refractivity contribution is -0.162. The molecule has 0 bridgehead atoms. The lowest BCUT2D eigenvalue weighted by Gasteiger charge is -2.34. The van der Waals surface area contributed by atoms with Crippen LogP contribution in [0, 0.1) is 0 Å². The fraction of sp³-hybridized carbons (Fsp3) is 0.625. The highest BCUT2D eigenvalue weighted by Crippen LogP contribution is 2.32.